The van der Waals surface area contributed by atoms with E-state index < -0.39 is 0 Å². The highest BCUT2D eigenvalue weighted by Gasteiger charge is 2.00. The number of allylic oxidation sites excluding steroid dienone is 10. The first-order valence-electron chi connectivity index (χ1n) is 32.2. The second kappa shape index (κ2) is 61.8. The van der Waals surface area contributed by atoms with Gasteiger partial charge in [-0.25, -0.2) is 0 Å². The minimum Gasteiger partial charge on any atom is -0.0882 e. The van der Waals surface area contributed by atoms with Crippen molar-refractivity contribution in [1.29, 1.82) is 0 Å². The van der Waals surface area contributed by atoms with E-state index in [1.54, 1.807) is 0 Å². The molecule has 0 radical (unpaired) electrons. The number of hydrogen-bond donors (Lipinski definition) is 0. The van der Waals surface area contributed by atoms with E-state index >= 15 is 0 Å². The van der Waals surface area contributed by atoms with Crippen LogP contribution in [0, 0.1) is 0 Å². The van der Waals surface area contributed by atoms with Crippen LogP contribution >= 0.6 is 0 Å². The van der Waals surface area contributed by atoms with Gasteiger partial charge in [0.15, 0.2) is 0 Å². The van der Waals surface area contributed by atoms with Crippen LogP contribution in [-0.4, -0.2) is 0 Å². The Kier molecular flexibility index (Phi) is 58.8. The first kappa shape index (κ1) is 64.7. The van der Waals surface area contributed by atoms with Crippen molar-refractivity contribution < 1.29 is 0 Å². The monoisotopic (exact) mass is 943 g/mol. The van der Waals surface area contributed by atoms with Crippen LogP contribution in [0.15, 0.2) is 60.8 Å². The molecule has 0 aromatic carbocycles. The first-order valence-corrected chi connectivity index (χ1v) is 32.2. The zero-order chi connectivity index (χ0) is 48.1. The lowest BCUT2D eigenvalue weighted by Crippen LogP contribution is -1.85. The zero-order valence-corrected chi connectivity index (χ0v) is 46.8. The molecule has 12 fully saturated rings. The fourth-order valence-corrected chi connectivity index (χ4v) is 3.83. The van der Waals surface area contributed by atoms with Crippen molar-refractivity contribution in [2.75, 3.05) is 0 Å². The van der Waals surface area contributed by atoms with Gasteiger partial charge in [0.25, 0.3) is 0 Å². The van der Waals surface area contributed by atoms with Crippen molar-refractivity contribution in [3.8, 4) is 0 Å². The van der Waals surface area contributed by atoms with Gasteiger partial charge in [-0.05, 0) is 64.2 Å². The predicted molar refractivity (Wildman–Crippen MR) is 313 cm³/mol. The fraction of sp³-hybridized carbons (Fsp3) is 0.853. The highest BCUT2D eigenvalue weighted by Crippen LogP contribution is 2.19. The maximum Gasteiger partial charge on any atom is -0.0316 e. The van der Waals surface area contributed by atoms with Gasteiger partial charge in [0, 0.05) is 0 Å². The topological polar surface area (TPSA) is 0 Å². The Hall–Kier alpha value is -1.30. The standard InChI is InChI=1S/12C4H8.5C4H6/c17*1-2-4-3-1/h12*1-4H2;5*1-2H,3-4H2. The van der Waals surface area contributed by atoms with Gasteiger partial charge in [-0.3, -0.25) is 0 Å². The van der Waals surface area contributed by atoms with E-state index in [4.69, 9.17) is 0 Å². The van der Waals surface area contributed by atoms with Crippen molar-refractivity contribution in [3.05, 3.63) is 60.8 Å². The third-order valence-electron chi connectivity index (χ3n) is 15.3. The molecular formula is C68H126. The van der Waals surface area contributed by atoms with Crippen LogP contribution in [0.3, 0.4) is 0 Å². The SMILES string of the molecule is C1=CCC1.C1=CCC1.C1=CCC1.C1=CCC1.C1=CCC1.C1CCC1.C1CCC1.C1CCC1.C1CCC1.C1CCC1.C1CCC1.C1CCC1.C1CCC1.C1CCC1.C1CCC1.C1CCC1.C1CCC1. The molecule has 398 valence electrons. The average molecular weight is 944 g/mol. The molecule has 17 rings (SSSR count). The molecule has 0 N–H and O–H groups in total. The van der Waals surface area contributed by atoms with Gasteiger partial charge in [0.05, 0.1) is 0 Å². The molecule has 0 nitrogen and oxygen atoms in total. The van der Waals surface area contributed by atoms with Crippen LogP contribution < -0.4 is 0 Å². The van der Waals surface area contributed by atoms with E-state index in [2.05, 4.69) is 60.8 Å². The fourth-order valence-electron chi connectivity index (χ4n) is 3.83. The summed E-state index contributed by atoms with van der Waals surface area (Å²) in [6, 6.07) is 0. The van der Waals surface area contributed by atoms with Crippen LogP contribution in [0.2, 0.25) is 0 Å². The van der Waals surface area contributed by atoms with Crippen molar-refractivity contribution in [3.63, 3.8) is 0 Å². The Balaban J connectivity index is 0.000000361. The van der Waals surface area contributed by atoms with Crippen LogP contribution in [-0.2, 0) is 0 Å². The number of rotatable bonds is 0. The summed E-state index contributed by atoms with van der Waals surface area (Å²) in [6.07, 6.45) is 107. The Morgan fingerprint density at radius 3 is 0.103 bits per heavy atom. The lowest BCUT2D eigenvalue weighted by molar-refractivity contribution is 0.504. The third kappa shape index (κ3) is 59.0. The van der Waals surface area contributed by atoms with E-state index in [9.17, 15) is 0 Å². The summed E-state index contributed by atoms with van der Waals surface area (Å²) >= 11 is 0. The Morgan fingerprint density at radius 2 is 0.103 bits per heavy atom. The molecule has 0 atom stereocenters. The quantitative estimate of drug-likeness (QED) is 0.212. The molecule has 0 heteroatoms. The lowest BCUT2D eigenvalue weighted by atomic mass is 10.0. The Labute approximate surface area is 431 Å². The van der Waals surface area contributed by atoms with Crippen LogP contribution in [0.5, 0.6) is 0 Å². The van der Waals surface area contributed by atoms with Crippen molar-refractivity contribution in [2.24, 2.45) is 0 Å². The molecule has 0 aromatic rings. The minimum absolute atomic E-state index is 1.32. The van der Waals surface area contributed by atoms with Gasteiger partial charge in [-0.1, -0.05) is 369 Å². The molecule has 12 saturated carbocycles. The minimum atomic E-state index is 1.32. The third-order valence-corrected chi connectivity index (χ3v) is 15.3. The second-order valence-corrected chi connectivity index (χ2v) is 22.2. The van der Waals surface area contributed by atoms with Gasteiger partial charge in [-0.2, -0.15) is 0 Å². The zero-order valence-electron chi connectivity index (χ0n) is 46.8. The molecule has 0 spiro atoms. The molecule has 0 aliphatic heterocycles. The highest BCUT2D eigenvalue weighted by atomic mass is 14.1. The lowest BCUT2D eigenvalue weighted by Gasteiger charge is -2.05. The van der Waals surface area contributed by atoms with Gasteiger partial charge >= 0.3 is 0 Å². The molecule has 0 unspecified atom stereocenters. The molecule has 0 saturated heterocycles. The normalized spacial score (nSPS) is 22.8. The van der Waals surface area contributed by atoms with Crippen LogP contribution in [0.4, 0.5) is 0 Å². The van der Waals surface area contributed by atoms with E-state index in [1.807, 2.05) is 0 Å². The van der Waals surface area contributed by atoms with E-state index in [0.717, 1.165) is 0 Å². The Bertz CT molecular complexity index is 659. The smallest absolute Gasteiger partial charge is 0.0316 e. The maximum atomic E-state index is 2.18. The van der Waals surface area contributed by atoms with Crippen molar-refractivity contribution in [1.82, 2.24) is 0 Å². The summed E-state index contributed by atoms with van der Waals surface area (Å²) in [5.41, 5.74) is 0. The second-order valence-electron chi connectivity index (χ2n) is 22.2. The summed E-state index contributed by atoms with van der Waals surface area (Å²) in [6.45, 7) is 0. The summed E-state index contributed by atoms with van der Waals surface area (Å²) in [7, 11) is 0. The van der Waals surface area contributed by atoms with Gasteiger partial charge in [0.1, 0.15) is 0 Å². The molecule has 17 aliphatic rings. The Morgan fingerprint density at radius 1 is 0.0735 bits per heavy atom. The molecule has 0 amide bonds. The maximum absolute atomic E-state index is 2.18. The molecule has 0 aromatic heterocycles. The number of hydrogen-bond acceptors (Lipinski definition) is 0. The van der Waals surface area contributed by atoms with E-state index in [1.165, 1.54) is 372 Å². The summed E-state index contributed by atoms with van der Waals surface area (Å²) in [4.78, 5) is 0. The van der Waals surface area contributed by atoms with Crippen LogP contribution in [0.25, 0.3) is 0 Å². The molecule has 0 bridgehead atoms. The van der Waals surface area contributed by atoms with Gasteiger partial charge in [0.2, 0.25) is 0 Å². The summed E-state index contributed by atoms with van der Waals surface area (Å²) in [5.74, 6) is 0. The summed E-state index contributed by atoms with van der Waals surface area (Å²) < 4.78 is 0. The first-order chi connectivity index (χ1) is 34.0. The highest BCUT2D eigenvalue weighted by molar-refractivity contribution is 4.94. The van der Waals surface area contributed by atoms with Gasteiger partial charge < -0.3 is 0 Å². The van der Waals surface area contributed by atoms with Crippen molar-refractivity contribution >= 4 is 0 Å². The average Bonchev–Trinajstić information content (AvgIpc) is 2.75. The largest absolute Gasteiger partial charge is 0.0882 e. The van der Waals surface area contributed by atoms with E-state index in [0.29, 0.717) is 0 Å². The van der Waals surface area contributed by atoms with E-state index in [-0.39, 0.29) is 0 Å². The molecule has 17 aliphatic carbocycles. The van der Waals surface area contributed by atoms with Crippen molar-refractivity contribution in [2.45, 2.75) is 372 Å². The molecule has 0 heterocycles. The predicted octanol–water partition coefficient (Wildman–Crippen LogP) is 25.4. The van der Waals surface area contributed by atoms with Gasteiger partial charge in [-0.15, -0.1) is 0 Å². The molecular weight excluding hydrogens is 817 g/mol. The molecule has 68 heavy (non-hydrogen) atoms. The summed E-state index contributed by atoms with van der Waals surface area (Å²) in [5, 5.41) is 0. The van der Waals surface area contributed by atoms with Crippen LogP contribution in [0.1, 0.15) is 372 Å².